The van der Waals surface area contributed by atoms with Gasteiger partial charge in [0.05, 0.1) is 33.0 Å². The van der Waals surface area contributed by atoms with E-state index < -0.39 is 6.10 Å². The number of ether oxygens (including phenoxy) is 2. The maximum Gasteiger partial charge on any atom is 0.119 e. The lowest BCUT2D eigenvalue weighted by Gasteiger charge is -2.35. The number of benzene rings is 1. The van der Waals surface area contributed by atoms with E-state index in [0.29, 0.717) is 19.8 Å². The van der Waals surface area contributed by atoms with Gasteiger partial charge in [0, 0.05) is 39.3 Å². The van der Waals surface area contributed by atoms with E-state index in [2.05, 4.69) is 9.80 Å². The lowest BCUT2D eigenvalue weighted by atomic mass is 10.2. The minimum atomic E-state index is -0.481. The summed E-state index contributed by atoms with van der Waals surface area (Å²) in [6, 6.07) is 7.75. The molecule has 0 saturated carbocycles. The number of hydrogen-bond acceptors (Lipinski definition) is 6. The fourth-order valence-corrected chi connectivity index (χ4v) is 2.76. The van der Waals surface area contributed by atoms with Crippen molar-refractivity contribution in [3.05, 3.63) is 29.8 Å². The zero-order chi connectivity index (χ0) is 16.5. The molecule has 1 heterocycles. The summed E-state index contributed by atoms with van der Waals surface area (Å²) in [7, 11) is 1.64. The Morgan fingerprint density at radius 1 is 1.17 bits per heavy atom. The molecule has 0 aliphatic carbocycles. The van der Waals surface area contributed by atoms with Gasteiger partial charge < -0.3 is 19.7 Å². The van der Waals surface area contributed by atoms with E-state index in [1.807, 2.05) is 24.3 Å². The van der Waals surface area contributed by atoms with E-state index in [0.717, 1.165) is 44.0 Å². The summed E-state index contributed by atoms with van der Waals surface area (Å²) in [5, 5.41) is 19.0. The summed E-state index contributed by atoms with van der Waals surface area (Å²) in [5.74, 6) is 0.812. The van der Waals surface area contributed by atoms with Gasteiger partial charge in [0.2, 0.25) is 0 Å². The van der Waals surface area contributed by atoms with Gasteiger partial charge in [0.1, 0.15) is 5.75 Å². The Labute approximate surface area is 138 Å². The van der Waals surface area contributed by atoms with E-state index in [9.17, 15) is 5.11 Å². The van der Waals surface area contributed by atoms with Crippen molar-refractivity contribution in [2.45, 2.75) is 12.7 Å². The molecule has 0 amide bonds. The smallest absolute Gasteiger partial charge is 0.119 e. The average Bonchev–Trinajstić information content (AvgIpc) is 2.57. The van der Waals surface area contributed by atoms with Crippen LogP contribution in [0.3, 0.4) is 0 Å². The molecule has 6 heteroatoms. The second-order valence-electron chi connectivity index (χ2n) is 5.89. The topological polar surface area (TPSA) is 65.4 Å². The Morgan fingerprint density at radius 2 is 1.91 bits per heavy atom. The van der Waals surface area contributed by atoms with Crippen molar-refractivity contribution in [1.29, 1.82) is 0 Å². The van der Waals surface area contributed by atoms with Crippen LogP contribution in [0.15, 0.2) is 24.3 Å². The molecule has 0 bridgehead atoms. The maximum absolute atomic E-state index is 10.1. The highest BCUT2D eigenvalue weighted by Gasteiger charge is 2.18. The molecule has 1 aliphatic rings. The average molecular weight is 324 g/mol. The zero-order valence-corrected chi connectivity index (χ0v) is 13.9. The Hall–Kier alpha value is -1.18. The lowest BCUT2D eigenvalue weighted by Crippen LogP contribution is -2.49. The van der Waals surface area contributed by atoms with Crippen molar-refractivity contribution in [3.63, 3.8) is 0 Å². The van der Waals surface area contributed by atoms with Crippen LogP contribution in [0.5, 0.6) is 5.75 Å². The fraction of sp³-hybridized carbons (Fsp3) is 0.647. The summed E-state index contributed by atoms with van der Waals surface area (Å²) in [4.78, 5) is 4.48. The number of piperazine rings is 1. The van der Waals surface area contributed by atoms with Crippen molar-refractivity contribution in [3.8, 4) is 5.75 Å². The first-order chi connectivity index (χ1) is 11.2. The third-order valence-corrected chi connectivity index (χ3v) is 4.06. The molecular weight excluding hydrogens is 296 g/mol. The Balaban J connectivity index is 1.62. The van der Waals surface area contributed by atoms with E-state index >= 15 is 0 Å². The van der Waals surface area contributed by atoms with Crippen LogP contribution in [0, 0.1) is 0 Å². The van der Waals surface area contributed by atoms with Crippen LogP contribution in [0.25, 0.3) is 0 Å². The minimum absolute atomic E-state index is 0.209. The van der Waals surface area contributed by atoms with Gasteiger partial charge in [-0.05, 0) is 17.7 Å². The summed E-state index contributed by atoms with van der Waals surface area (Å²) in [6.07, 6.45) is -0.481. The van der Waals surface area contributed by atoms with Crippen LogP contribution in [0.1, 0.15) is 5.56 Å². The summed E-state index contributed by atoms with van der Waals surface area (Å²) in [6.45, 7) is 6.11. The molecular formula is C17H28N2O4. The summed E-state index contributed by atoms with van der Waals surface area (Å²) >= 11 is 0. The van der Waals surface area contributed by atoms with Crippen LogP contribution in [0.4, 0.5) is 0 Å². The van der Waals surface area contributed by atoms with Crippen LogP contribution < -0.4 is 4.74 Å². The predicted molar refractivity (Wildman–Crippen MR) is 88.6 cm³/mol. The molecule has 1 fully saturated rings. The highest BCUT2D eigenvalue weighted by molar-refractivity contribution is 5.27. The Kier molecular flexibility index (Phi) is 7.78. The molecule has 1 aliphatic heterocycles. The van der Waals surface area contributed by atoms with E-state index in [1.165, 1.54) is 0 Å². The van der Waals surface area contributed by atoms with E-state index in [-0.39, 0.29) is 6.61 Å². The van der Waals surface area contributed by atoms with Gasteiger partial charge in [-0.2, -0.15) is 0 Å². The Morgan fingerprint density at radius 3 is 2.61 bits per heavy atom. The standard InChI is InChI=1S/C17H28N2O4/c1-22-17-4-2-3-15(11-17)13-23-14-16(21)12-19-7-5-18(6-8-19)9-10-20/h2-4,11,16,20-21H,5-10,12-14H2,1H3. The molecule has 0 spiro atoms. The van der Waals surface area contributed by atoms with Crippen molar-refractivity contribution < 1.29 is 19.7 Å². The number of aliphatic hydroxyl groups is 2. The number of hydrogen-bond donors (Lipinski definition) is 2. The van der Waals surface area contributed by atoms with Crippen LogP contribution in [-0.2, 0) is 11.3 Å². The van der Waals surface area contributed by atoms with Crippen LogP contribution in [0.2, 0.25) is 0 Å². The van der Waals surface area contributed by atoms with Crippen molar-refractivity contribution in [1.82, 2.24) is 9.80 Å². The highest BCUT2D eigenvalue weighted by atomic mass is 16.5. The second kappa shape index (κ2) is 9.85. The predicted octanol–water partition coefficient (Wildman–Crippen LogP) is 0.183. The van der Waals surface area contributed by atoms with Crippen molar-refractivity contribution in [2.75, 3.05) is 59.6 Å². The van der Waals surface area contributed by atoms with Crippen LogP contribution >= 0.6 is 0 Å². The van der Waals surface area contributed by atoms with Crippen molar-refractivity contribution >= 4 is 0 Å². The summed E-state index contributed by atoms with van der Waals surface area (Å²) < 4.78 is 10.8. The molecule has 1 atom stereocenters. The van der Waals surface area contributed by atoms with E-state index in [1.54, 1.807) is 7.11 Å². The molecule has 23 heavy (non-hydrogen) atoms. The van der Waals surface area contributed by atoms with Gasteiger partial charge in [0.15, 0.2) is 0 Å². The second-order valence-corrected chi connectivity index (χ2v) is 5.89. The van der Waals surface area contributed by atoms with E-state index in [4.69, 9.17) is 14.6 Å². The van der Waals surface area contributed by atoms with Gasteiger partial charge in [-0.3, -0.25) is 9.80 Å². The number of rotatable bonds is 9. The molecule has 130 valence electrons. The zero-order valence-electron chi connectivity index (χ0n) is 13.9. The third-order valence-electron chi connectivity index (χ3n) is 4.06. The first kappa shape index (κ1) is 18.2. The summed E-state index contributed by atoms with van der Waals surface area (Å²) in [5.41, 5.74) is 1.04. The Bertz CT molecular complexity index is 450. The molecule has 6 nitrogen and oxygen atoms in total. The molecule has 1 aromatic rings. The first-order valence-electron chi connectivity index (χ1n) is 8.15. The molecule has 1 saturated heterocycles. The lowest BCUT2D eigenvalue weighted by molar-refractivity contribution is 0.000493. The van der Waals surface area contributed by atoms with Gasteiger partial charge in [-0.1, -0.05) is 12.1 Å². The number of nitrogens with zero attached hydrogens (tertiary/aromatic N) is 2. The molecule has 2 rings (SSSR count). The molecule has 0 radical (unpaired) electrons. The van der Waals surface area contributed by atoms with Gasteiger partial charge in [0.25, 0.3) is 0 Å². The molecule has 0 aromatic heterocycles. The van der Waals surface area contributed by atoms with Gasteiger partial charge in [-0.25, -0.2) is 0 Å². The number of methoxy groups -OCH3 is 1. The van der Waals surface area contributed by atoms with Crippen LogP contribution in [-0.4, -0.2) is 85.7 Å². The monoisotopic (exact) mass is 324 g/mol. The SMILES string of the molecule is COc1cccc(COCC(O)CN2CCN(CCO)CC2)c1. The minimum Gasteiger partial charge on any atom is -0.497 e. The third kappa shape index (κ3) is 6.45. The first-order valence-corrected chi connectivity index (χ1v) is 8.15. The largest absolute Gasteiger partial charge is 0.497 e. The fourth-order valence-electron chi connectivity index (χ4n) is 2.76. The molecule has 2 N–H and O–H groups in total. The van der Waals surface area contributed by atoms with Gasteiger partial charge in [-0.15, -0.1) is 0 Å². The molecule has 1 aromatic carbocycles. The number of β-amino-alcohol motifs (C(OH)–C–C–N with tert-alkyl or cyclic N) is 2. The molecule has 1 unspecified atom stereocenters. The van der Waals surface area contributed by atoms with Gasteiger partial charge >= 0.3 is 0 Å². The quantitative estimate of drug-likeness (QED) is 0.676. The highest BCUT2D eigenvalue weighted by Crippen LogP contribution is 2.13. The number of aliphatic hydroxyl groups excluding tert-OH is 2. The maximum atomic E-state index is 10.1. The van der Waals surface area contributed by atoms with Crippen molar-refractivity contribution in [2.24, 2.45) is 0 Å². The normalized spacial score (nSPS) is 18.0.